The van der Waals surface area contributed by atoms with E-state index < -0.39 is 0 Å². The Morgan fingerprint density at radius 3 is 2.80 bits per heavy atom. The van der Waals surface area contributed by atoms with Gasteiger partial charge in [-0.2, -0.15) is 0 Å². The van der Waals surface area contributed by atoms with Crippen molar-refractivity contribution in [3.8, 4) is 11.5 Å². The lowest BCUT2D eigenvalue weighted by molar-refractivity contribution is -0.130. The first-order valence-corrected chi connectivity index (χ1v) is 7.05. The number of hydrogen-bond donors (Lipinski definition) is 1. The maximum atomic E-state index is 12.0. The first-order chi connectivity index (χ1) is 9.74. The van der Waals surface area contributed by atoms with Crippen LogP contribution in [0.25, 0.3) is 0 Å². The lowest BCUT2D eigenvalue weighted by atomic mass is 10.1. The first-order valence-electron chi connectivity index (χ1n) is 7.05. The van der Waals surface area contributed by atoms with E-state index in [-0.39, 0.29) is 18.1 Å². The molecule has 0 radical (unpaired) electrons. The third kappa shape index (κ3) is 2.72. The van der Waals surface area contributed by atoms with Gasteiger partial charge in [-0.05, 0) is 37.5 Å². The molecule has 1 N–H and O–H groups in total. The van der Waals surface area contributed by atoms with Gasteiger partial charge in [0.1, 0.15) is 19.3 Å². The Labute approximate surface area is 118 Å². The Morgan fingerprint density at radius 1 is 1.25 bits per heavy atom. The molecule has 0 saturated carbocycles. The number of hydrogen-bond acceptors (Lipinski definition) is 4. The number of benzene rings is 1. The molecule has 2 aliphatic rings. The fourth-order valence-corrected chi connectivity index (χ4v) is 2.50. The van der Waals surface area contributed by atoms with Crippen LogP contribution in [-0.4, -0.2) is 31.8 Å². The van der Waals surface area contributed by atoms with Crippen molar-refractivity contribution < 1.29 is 19.0 Å². The Balaban J connectivity index is 1.67. The van der Waals surface area contributed by atoms with Crippen LogP contribution in [0.1, 0.15) is 31.4 Å². The summed E-state index contributed by atoms with van der Waals surface area (Å²) in [7, 11) is 0. The van der Waals surface area contributed by atoms with E-state index in [1.807, 2.05) is 25.1 Å². The van der Waals surface area contributed by atoms with Gasteiger partial charge in [0.05, 0.1) is 6.04 Å². The van der Waals surface area contributed by atoms with Crippen LogP contribution in [0.3, 0.4) is 0 Å². The summed E-state index contributed by atoms with van der Waals surface area (Å²) in [5.74, 6) is 1.47. The third-order valence-corrected chi connectivity index (χ3v) is 3.65. The number of nitrogens with one attached hydrogen (secondary N) is 1. The molecule has 0 aliphatic carbocycles. The highest BCUT2D eigenvalue weighted by atomic mass is 16.6. The predicted octanol–water partition coefficient (Wildman–Crippen LogP) is 1.81. The monoisotopic (exact) mass is 277 g/mol. The summed E-state index contributed by atoms with van der Waals surface area (Å²) in [6, 6.07) is 5.68. The van der Waals surface area contributed by atoms with Crippen LogP contribution in [0.2, 0.25) is 0 Å². The number of amides is 1. The van der Waals surface area contributed by atoms with Crippen molar-refractivity contribution in [1.82, 2.24) is 5.32 Å². The minimum absolute atomic E-state index is 0.0371. The fourth-order valence-electron chi connectivity index (χ4n) is 2.50. The van der Waals surface area contributed by atoms with E-state index in [9.17, 15) is 4.79 Å². The standard InChI is InChI=1S/C15H19NO4/c1-10(16-15(17)13-3-2-6-18-13)11-4-5-12-14(9-11)20-8-7-19-12/h4-5,9-10,13H,2-3,6-8H2,1H3,(H,16,17)/t10-,13+/m1/s1. The Morgan fingerprint density at radius 2 is 2.05 bits per heavy atom. The summed E-state index contributed by atoms with van der Waals surface area (Å²) in [4.78, 5) is 12.0. The average molecular weight is 277 g/mol. The zero-order valence-corrected chi connectivity index (χ0v) is 11.6. The molecule has 2 aliphatic heterocycles. The molecule has 5 heteroatoms. The van der Waals surface area contributed by atoms with E-state index in [2.05, 4.69) is 5.32 Å². The van der Waals surface area contributed by atoms with Crippen molar-refractivity contribution in [2.45, 2.75) is 31.9 Å². The van der Waals surface area contributed by atoms with Crippen LogP contribution in [0.15, 0.2) is 18.2 Å². The molecular formula is C15H19NO4. The summed E-state index contributed by atoms with van der Waals surface area (Å²) < 4.78 is 16.4. The molecule has 1 aromatic rings. The third-order valence-electron chi connectivity index (χ3n) is 3.65. The van der Waals surface area contributed by atoms with E-state index in [1.165, 1.54) is 0 Å². The number of carbonyl (C=O) groups excluding carboxylic acids is 1. The van der Waals surface area contributed by atoms with Crippen molar-refractivity contribution in [2.75, 3.05) is 19.8 Å². The van der Waals surface area contributed by atoms with Crippen molar-refractivity contribution in [2.24, 2.45) is 0 Å². The van der Waals surface area contributed by atoms with Gasteiger partial charge in [-0.15, -0.1) is 0 Å². The number of rotatable bonds is 3. The normalized spacial score (nSPS) is 22.4. The maximum absolute atomic E-state index is 12.0. The van der Waals surface area contributed by atoms with Crippen LogP contribution in [0, 0.1) is 0 Å². The van der Waals surface area contributed by atoms with Gasteiger partial charge in [-0.1, -0.05) is 6.07 Å². The summed E-state index contributed by atoms with van der Waals surface area (Å²) in [6.45, 7) is 3.78. The molecule has 2 atom stereocenters. The highest BCUT2D eigenvalue weighted by molar-refractivity contribution is 5.81. The molecule has 0 bridgehead atoms. The number of carbonyl (C=O) groups is 1. The molecule has 0 spiro atoms. The molecule has 3 rings (SSSR count). The lowest BCUT2D eigenvalue weighted by Crippen LogP contribution is -2.35. The predicted molar refractivity (Wildman–Crippen MR) is 73.0 cm³/mol. The largest absolute Gasteiger partial charge is 0.486 e. The molecule has 1 aromatic carbocycles. The van der Waals surface area contributed by atoms with Crippen LogP contribution in [0.5, 0.6) is 11.5 Å². The molecule has 1 amide bonds. The van der Waals surface area contributed by atoms with Crippen molar-refractivity contribution >= 4 is 5.91 Å². The second kappa shape index (κ2) is 5.71. The van der Waals surface area contributed by atoms with Crippen LogP contribution in [0.4, 0.5) is 0 Å². The molecule has 1 saturated heterocycles. The molecular weight excluding hydrogens is 258 g/mol. The number of ether oxygens (including phenoxy) is 3. The molecule has 0 unspecified atom stereocenters. The molecule has 20 heavy (non-hydrogen) atoms. The smallest absolute Gasteiger partial charge is 0.249 e. The summed E-state index contributed by atoms with van der Waals surface area (Å²) >= 11 is 0. The van der Waals surface area contributed by atoms with Gasteiger partial charge in [0.15, 0.2) is 11.5 Å². The van der Waals surface area contributed by atoms with Gasteiger partial charge < -0.3 is 19.5 Å². The lowest BCUT2D eigenvalue weighted by Gasteiger charge is -2.21. The highest BCUT2D eigenvalue weighted by Gasteiger charge is 2.25. The van der Waals surface area contributed by atoms with Crippen molar-refractivity contribution in [1.29, 1.82) is 0 Å². The van der Waals surface area contributed by atoms with E-state index in [0.717, 1.165) is 29.9 Å². The minimum Gasteiger partial charge on any atom is -0.486 e. The zero-order valence-electron chi connectivity index (χ0n) is 11.6. The highest BCUT2D eigenvalue weighted by Crippen LogP contribution is 2.32. The van der Waals surface area contributed by atoms with Gasteiger partial charge in [-0.25, -0.2) is 0 Å². The minimum atomic E-state index is -0.297. The van der Waals surface area contributed by atoms with E-state index >= 15 is 0 Å². The summed E-state index contributed by atoms with van der Waals surface area (Å²) in [5.41, 5.74) is 1.00. The Bertz CT molecular complexity index is 497. The second-order valence-corrected chi connectivity index (χ2v) is 5.14. The molecule has 1 fully saturated rings. The second-order valence-electron chi connectivity index (χ2n) is 5.14. The molecule has 2 heterocycles. The first kappa shape index (κ1) is 13.2. The summed E-state index contributed by atoms with van der Waals surface area (Å²) in [5, 5.41) is 2.98. The Hall–Kier alpha value is -1.75. The molecule has 0 aromatic heterocycles. The van der Waals surface area contributed by atoms with Gasteiger partial charge >= 0.3 is 0 Å². The summed E-state index contributed by atoms with van der Waals surface area (Å²) in [6.07, 6.45) is 1.46. The van der Waals surface area contributed by atoms with E-state index in [4.69, 9.17) is 14.2 Å². The fraction of sp³-hybridized carbons (Fsp3) is 0.533. The van der Waals surface area contributed by atoms with Gasteiger partial charge in [0.25, 0.3) is 0 Å². The molecule has 5 nitrogen and oxygen atoms in total. The van der Waals surface area contributed by atoms with Crippen LogP contribution in [-0.2, 0) is 9.53 Å². The number of fused-ring (bicyclic) bond motifs is 1. The van der Waals surface area contributed by atoms with Crippen LogP contribution >= 0.6 is 0 Å². The SMILES string of the molecule is C[C@@H](NC(=O)[C@@H]1CCCO1)c1ccc2c(c1)OCCO2. The van der Waals surface area contributed by atoms with Gasteiger partial charge in [-0.3, -0.25) is 4.79 Å². The van der Waals surface area contributed by atoms with Crippen molar-refractivity contribution in [3.05, 3.63) is 23.8 Å². The van der Waals surface area contributed by atoms with Crippen molar-refractivity contribution in [3.63, 3.8) is 0 Å². The average Bonchev–Trinajstić information content (AvgIpc) is 3.01. The van der Waals surface area contributed by atoms with Gasteiger partial charge in [0.2, 0.25) is 5.91 Å². The van der Waals surface area contributed by atoms with E-state index in [0.29, 0.717) is 19.8 Å². The Kier molecular flexibility index (Phi) is 3.78. The quantitative estimate of drug-likeness (QED) is 0.915. The van der Waals surface area contributed by atoms with Gasteiger partial charge in [0, 0.05) is 6.61 Å². The van der Waals surface area contributed by atoms with E-state index in [1.54, 1.807) is 0 Å². The molecule has 108 valence electrons. The van der Waals surface area contributed by atoms with Crippen LogP contribution < -0.4 is 14.8 Å². The maximum Gasteiger partial charge on any atom is 0.249 e. The zero-order chi connectivity index (χ0) is 13.9. The topological polar surface area (TPSA) is 56.8 Å².